The molecule has 2 atom stereocenters. The summed E-state index contributed by atoms with van der Waals surface area (Å²) in [6.07, 6.45) is 3.98. The molecule has 150 valence electrons. The second-order valence-corrected chi connectivity index (χ2v) is 8.21. The third kappa shape index (κ3) is 5.84. The first kappa shape index (κ1) is 21.0. The van der Waals surface area contributed by atoms with Gasteiger partial charge in [-0.2, -0.15) is 0 Å². The summed E-state index contributed by atoms with van der Waals surface area (Å²) in [5.74, 6) is -0.141. The maximum Gasteiger partial charge on any atom is 0.410 e. The molecule has 2 rings (SSSR count). The Bertz CT molecular complexity index is 483. The number of hydrogen-bond acceptors (Lipinski definition) is 6. The van der Waals surface area contributed by atoms with Gasteiger partial charge in [-0.3, -0.25) is 4.79 Å². The summed E-state index contributed by atoms with van der Waals surface area (Å²) in [5, 5.41) is 0. The Morgan fingerprint density at radius 1 is 1.15 bits per heavy atom. The number of nitrogens with zero attached hydrogens (tertiary/aromatic N) is 1. The molecule has 0 aromatic heterocycles. The highest BCUT2D eigenvalue weighted by molar-refractivity contribution is 5.72. The lowest BCUT2D eigenvalue weighted by atomic mass is 9.87. The highest BCUT2D eigenvalue weighted by Crippen LogP contribution is 2.30. The van der Waals surface area contributed by atoms with Crippen LogP contribution >= 0.6 is 0 Å². The van der Waals surface area contributed by atoms with Crippen molar-refractivity contribution in [2.24, 2.45) is 11.7 Å². The summed E-state index contributed by atoms with van der Waals surface area (Å²) in [6.45, 7) is 8.45. The molecule has 1 unspecified atom stereocenters. The van der Waals surface area contributed by atoms with Crippen LogP contribution in [0.15, 0.2) is 0 Å². The molecule has 0 aromatic rings. The van der Waals surface area contributed by atoms with Gasteiger partial charge in [0.2, 0.25) is 0 Å². The smallest absolute Gasteiger partial charge is 0.410 e. The topological polar surface area (TPSA) is 91.1 Å². The molecule has 2 fully saturated rings. The fourth-order valence-electron chi connectivity index (χ4n) is 3.69. The van der Waals surface area contributed by atoms with Gasteiger partial charge in [0.05, 0.1) is 24.7 Å². The minimum absolute atomic E-state index is 0.0248. The fourth-order valence-corrected chi connectivity index (χ4v) is 3.69. The van der Waals surface area contributed by atoms with E-state index in [-0.39, 0.29) is 30.1 Å². The van der Waals surface area contributed by atoms with Gasteiger partial charge in [-0.15, -0.1) is 0 Å². The summed E-state index contributed by atoms with van der Waals surface area (Å²) in [5.41, 5.74) is 5.75. The molecule has 7 nitrogen and oxygen atoms in total. The third-order valence-electron chi connectivity index (χ3n) is 4.95. The van der Waals surface area contributed by atoms with Gasteiger partial charge in [-0.1, -0.05) is 0 Å². The van der Waals surface area contributed by atoms with Gasteiger partial charge in [0.1, 0.15) is 11.8 Å². The van der Waals surface area contributed by atoms with Gasteiger partial charge in [-0.05, 0) is 66.2 Å². The molecule has 1 aliphatic carbocycles. The van der Waals surface area contributed by atoms with Crippen LogP contribution in [-0.4, -0.2) is 54.1 Å². The maximum absolute atomic E-state index is 12.4. The fraction of sp³-hybridized carbons (Fsp3) is 0.895. The van der Waals surface area contributed by atoms with E-state index >= 15 is 0 Å². The van der Waals surface area contributed by atoms with Crippen LogP contribution in [0.3, 0.4) is 0 Å². The normalized spacial score (nSPS) is 27.9. The highest BCUT2D eigenvalue weighted by Gasteiger charge is 2.38. The predicted octanol–water partition coefficient (Wildman–Crippen LogP) is 2.81. The zero-order chi connectivity index (χ0) is 19.3. The number of amides is 1. The van der Waals surface area contributed by atoms with Crippen molar-refractivity contribution in [1.82, 2.24) is 4.90 Å². The first-order valence-corrected chi connectivity index (χ1v) is 9.78. The van der Waals surface area contributed by atoms with E-state index < -0.39 is 11.8 Å². The third-order valence-corrected chi connectivity index (χ3v) is 4.95. The van der Waals surface area contributed by atoms with Gasteiger partial charge in [0, 0.05) is 6.54 Å². The summed E-state index contributed by atoms with van der Waals surface area (Å²) in [7, 11) is 0. The Balaban J connectivity index is 1.83. The van der Waals surface area contributed by atoms with Crippen molar-refractivity contribution in [2.75, 3.05) is 13.2 Å². The Morgan fingerprint density at radius 3 is 2.38 bits per heavy atom. The predicted molar refractivity (Wildman–Crippen MR) is 97.4 cm³/mol. The molecule has 7 heteroatoms. The minimum Gasteiger partial charge on any atom is -0.466 e. The molecule has 1 saturated carbocycles. The number of carbonyl (C=O) groups excluding carboxylic acids is 2. The van der Waals surface area contributed by atoms with Crippen LogP contribution < -0.4 is 5.73 Å². The lowest BCUT2D eigenvalue weighted by molar-refractivity contribution is -0.150. The number of nitrogens with two attached hydrogens (primary N) is 1. The summed E-state index contributed by atoms with van der Waals surface area (Å²) < 4.78 is 16.6. The summed E-state index contributed by atoms with van der Waals surface area (Å²) in [4.78, 5) is 25.9. The molecule has 1 amide bonds. The summed E-state index contributed by atoms with van der Waals surface area (Å²) >= 11 is 0. The van der Waals surface area contributed by atoms with Crippen LogP contribution in [0, 0.1) is 5.92 Å². The second kappa shape index (κ2) is 9.04. The molecule has 26 heavy (non-hydrogen) atoms. The van der Waals surface area contributed by atoms with E-state index in [4.69, 9.17) is 19.9 Å². The van der Waals surface area contributed by atoms with Crippen LogP contribution in [0.4, 0.5) is 4.79 Å². The van der Waals surface area contributed by atoms with E-state index in [9.17, 15) is 9.59 Å². The van der Waals surface area contributed by atoms with Gasteiger partial charge >= 0.3 is 12.1 Å². The van der Waals surface area contributed by atoms with Gasteiger partial charge in [0.15, 0.2) is 0 Å². The lowest BCUT2D eigenvalue weighted by Gasteiger charge is -2.35. The van der Waals surface area contributed by atoms with Crippen molar-refractivity contribution in [2.45, 2.75) is 90.2 Å². The molecule has 0 radical (unpaired) electrons. The van der Waals surface area contributed by atoms with Crippen LogP contribution in [0.1, 0.15) is 66.2 Å². The van der Waals surface area contributed by atoms with Crippen molar-refractivity contribution in [1.29, 1.82) is 0 Å². The number of likely N-dealkylation sites (tertiary alicyclic amines) is 1. The molecule has 0 bridgehead atoms. The van der Waals surface area contributed by atoms with Crippen molar-refractivity contribution in [3.8, 4) is 0 Å². The molecule has 1 aliphatic heterocycles. The number of esters is 1. The van der Waals surface area contributed by atoms with Gasteiger partial charge < -0.3 is 24.8 Å². The van der Waals surface area contributed by atoms with Crippen LogP contribution in [0.25, 0.3) is 0 Å². The maximum atomic E-state index is 12.4. The number of ether oxygens (including phenoxy) is 3. The minimum atomic E-state index is -0.533. The van der Waals surface area contributed by atoms with Gasteiger partial charge in [0.25, 0.3) is 0 Å². The quantitative estimate of drug-likeness (QED) is 0.591. The largest absolute Gasteiger partial charge is 0.466 e. The van der Waals surface area contributed by atoms with Crippen LogP contribution in [0.2, 0.25) is 0 Å². The van der Waals surface area contributed by atoms with Crippen molar-refractivity contribution in [3.63, 3.8) is 0 Å². The number of rotatable bonds is 5. The van der Waals surface area contributed by atoms with Crippen molar-refractivity contribution < 1.29 is 23.8 Å². The molecule has 0 spiro atoms. The molecular weight excluding hydrogens is 336 g/mol. The monoisotopic (exact) mass is 370 g/mol. The second-order valence-electron chi connectivity index (χ2n) is 8.21. The SMILES string of the molecule is CCOC(=O)C1CCC(OC(N)[C@@H]2CCCN2C(=O)OC(C)(C)C)CC1. The Morgan fingerprint density at radius 2 is 1.81 bits per heavy atom. The molecule has 2 aliphatic rings. The zero-order valence-electron chi connectivity index (χ0n) is 16.5. The Labute approximate surface area is 156 Å². The number of hydrogen-bond donors (Lipinski definition) is 1. The van der Waals surface area contributed by atoms with Crippen molar-refractivity contribution >= 4 is 12.1 Å². The van der Waals surface area contributed by atoms with E-state index in [1.54, 1.807) is 4.90 Å². The van der Waals surface area contributed by atoms with E-state index in [1.165, 1.54) is 0 Å². The van der Waals surface area contributed by atoms with E-state index in [2.05, 4.69) is 0 Å². The average molecular weight is 370 g/mol. The molecule has 1 heterocycles. The van der Waals surface area contributed by atoms with Crippen LogP contribution in [0.5, 0.6) is 0 Å². The van der Waals surface area contributed by atoms with E-state index in [0.29, 0.717) is 13.2 Å². The molecule has 2 N–H and O–H groups in total. The summed E-state index contributed by atoms with van der Waals surface area (Å²) in [6, 6.07) is -0.160. The first-order valence-electron chi connectivity index (χ1n) is 9.78. The Hall–Kier alpha value is -1.34. The number of carbonyl (C=O) groups is 2. The van der Waals surface area contributed by atoms with Crippen molar-refractivity contribution in [3.05, 3.63) is 0 Å². The zero-order valence-corrected chi connectivity index (χ0v) is 16.5. The molecular formula is C19H34N2O5. The van der Waals surface area contributed by atoms with E-state index in [0.717, 1.165) is 38.5 Å². The first-order chi connectivity index (χ1) is 12.2. The van der Waals surface area contributed by atoms with E-state index in [1.807, 2.05) is 27.7 Å². The lowest BCUT2D eigenvalue weighted by Crippen LogP contribution is -2.50. The average Bonchev–Trinajstić information content (AvgIpc) is 3.04. The standard InChI is InChI=1S/C19H34N2O5/c1-5-24-17(22)13-8-10-14(11-9-13)25-16(20)15-7-6-12-21(15)18(23)26-19(2,3)4/h13-16H,5-12,20H2,1-4H3/t13?,14?,15-,16?/m0/s1. The highest BCUT2D eigenvalue weighted by atomic mass is 16.6. The Kier molecular flexibility index (Phi) is 7.29. The molecule has 0 aromatic carbocycles. The van der Waals surface area contributed by atoms with Gasteiger partial charge in [-0.25, -0.2) is 4.79 Å². The van der Waals surface area contributed by atoms with Crippen LogP contribution in [-0.2, 0) is 19.0 Å². The molecule has 1 saturated heterocycles.